The number of nitrogens with zero attached hydrogens (tertiary/aromatic N) is 1. The average molecular weight is 266 g/mol. The molecule has 3 nitrogen and oxygen atoms in total. The summed E-state index contributed by atoms with van der Waals surface area (Å²) in [4.78, 5) is 4.08. The van der Waals surface area contributed by atoms with E-state index in [9.17, 15) is 4.39 Å². The van der Waals surface area contributed by atoms with E-state index < -0.39 is 5.82 Å². The molecule has 18 heavy (non-hydrogen) atoms. The molecule has 3 N–H and O–H groups in total. The summed E-state index contributed by atoms with van der Waals surface area (Å²) in [7, 11) is 0. The van der Waals surface area contributed by atoms with Crippen LogP contribution in [0.4, 0.5) is 4.39 Å². The van der Waals surface area contributed by atoms with Crippen molar-refractivity contribution in [1.82, 2.24) is 10.4 Å². The minimum absolute atomic E-state index is 0.0780. The van der Waals surface area contributed by atoms with E-state index in [4.69, 9.17) is 17.4 Å². The van der Waals surface area contributed by atoms with E-state index in [1.165, 1.54) is 6.07 Å². The second-order valence-corrected chi connectivity index (χ2v) is 4.41. The van der Waals surface area contributed by atoms with Gasteiger partial charge in [0.1, 0.15) is 5.82 Å². The normalized spacial score (nSPS) is 12.4. The molecule has 1 aromatic heterocycles. The number of aromatic nitrogens is 1. The molecule has 1 unspecified atom stereocenters. The molecule has 0 amide bonds. The van der Waals surface area contributed by atoms with E-state index in [0.29, 0.717) is 0 Å². The molecule has 2 aromatic rings. The van der Waals surface area contributed by atoms with Crippen molar-refractivity contribution < 1.29 is 4.39 Å². The average Bonchev–Trinajstić information content (AvgIpc) is 2.37. The number of nitrogens with one attached hydrogen (secondary N) is 1. The van der Waals surface area contributed by atoms with Crippen molar-refractivity contribution >= 4 is 11.6 Å². The Morgan fingerprint density at radius 3 is 2.78 bits per heavy atom. The third-order valence-corrected chi connectivity index (χ3v) is 3.12. The van der Waals surface area contributed by atoms with Crippen LogP contribution in [0.15, 0.2) is 36.7 Å². The maximum absolute atomic E-state index is 13.2. The Morgan fingerprint density at radius 2 is 2.17 bits per heavy atom. The molecular weight excluding hydrogens is 253 g/mol. The summed E-state index contributed by atoms with van der Waals surface area (Å²) in [5.74, 6) is 5.13. The smallest absolute Gasteiger partial charge is 0.141 e. The van der Waals surface area contributed by atoms with Crippen LogP contribution in [0.5, 0.6) is 0 Å². The molecule has 0 aliphatic carbocycles. The summed E-state index contributed by atoms with van der Waals surface area (Å²) >= 11 is 5.78. The van der Waals surface area contributed by atoms with Gasteiger partial charge in [-0.1, -0.05) is 17.7 Å². The van der Waals surface area contributed by atoms with Gasteiger partial charge in [-0.3, -0.25) is 10.8 Å². The predicted molar refractivity (Wildman–Crippen MR) is 69.6 cm³/mol. The van der Waals surface area contributed by atoms with Crippen LogP contribution in [0, 0.1) is 12.7 Å². The summed E-state index contributed by atoms with van der Waals surface area (Å²) in [6.45, 7) is 1.96. The number of hydrazine groups is 1. The summed E-state index contributed by atoms with van der Waals surface area (Å²) in [6, 6.07) is 6.17. The Hall–Kier alpha value is -1.49. The predicted octanol–water partition coefficient (Wildman–Crippen LogP) is 2.74. The van der Waals surface area contributed by atoms with Crippen molar-refractivity contribution in [1.29, 1.82) is 0 Å². The summed E-state index contributed by atoms with van der Waals surface area (Å²) in [6.07, 6.45) is 3.45. The van der Waals surface area contributed by atoms with Gasteiger partial charge in [-0.15, -0.1) is 0 Å². The standard InChI is InChI=1S/C13H13ClFN3/c1-8-4-5-17-7-10(8)13(18-16)9-2-3-12(15)11(14)6-9/h2-7,13,18H,16H2,1H3. The van der Waals surface area contributed by atoms with Gasteiger partial charge < -0.3 is 0 Å². The molecule has 1 heterocycles. The second-order valence-electron chi connectivity index (χ2n) is 4.01. The highest BCUT2D eigenvalue weighted by Crippen LogP contribution is 2.26. The molecule has 0 spiro atoms. The molecule has 1 aromatic carbocycles. The van der Waals surface area contributed by atoms with Gasteiger partial charge in [0.05, 0.1) is 11.1 Å². The minimum Gasteiger partial charge on any atom is -0.271 e. The number of halogens is 2. The quantitative estimate of drug-likeness (QED) is 0.663. The van der Waals surface area contributed by atoms with Crippen LogP contribution in [-0.4, -0.2) is 4.98 Å². The zero-order chi connectivity index (χ0) is 13.1. The molecule has 0 bridgehead atoms. The van der Waals surface area contributed by atoms with Gasteiger partial charge in [0, 0.05) is 12.4 Å². The largest absolute Gasteiger partial charge is 0.271 e. The highest BCUT2D eigenvalue weighted by molar-refractivity contribution is 6.30. The zero-order valence-corrected chi connectivity index (χ0v) is 10.6. The molecule has 0 radical (unpaired) electrons. The molecule has 94 valence electrons. The highest BCUT2D eigenvalue weighted by atomic mass is 35.5. The molecular formula is C13H13ClFN3. The van der Waals surface area contributed by atoms with Crippen LogP contribution in [-0.2, 0) is 0 Å². The number of hydrogen-bond acceptors (Lipinski definition) is 3. The van der Waals surface area contributed by atoms with E-state index >= 15 is 0 Å². The van der Waals surface area contributed by atoms with Gasteiger partial charge in [-0.2, -0.15) is 0 Å². The number of pyridine rings is 1. The Bertz CT molecular complexity index is 560. The fourth-order valence-electron chi connectivity index (χ4n) is 1.84. The molecule has 5 heteroatoms. The summed E-state index contributed by atoms with van der Waals surface area (Å²) in [5, 5.41) is 0.0780. The summed E-state index contributed by atoms with van der Waals surface area (Å²) in [5.41, 5.74) is 5.48. The minimum atomic E-state index is -0.445. The molecule has 0 aliphatic rings. The van der Waals surface area contributed by atoms with E-state index in [0.717, 1.165) is 16.7 Å². The van der Waals surface area contributed by atoms with E-state index in [2.05, 4.69) is 10.4 Å². The van der Waals surface area contributed by atoms with Crippen molar-refractivity contribution in [2.75, 3.05) is 0 Å². The van der Waals surface area contributed by atoms with Crippen LogP contribution < -0.4 is 11.3 Å². The van der Waals surface area contributed by atoms with Crippen molar-refractivity contribution in [2.24, 2.45) is 5.84 Å². The first kappa shape index (κ1) is 13.0. The molecule has 2 rings (SSSR count). The van der Waals surface area contributed by atoms with Gasteiger partial charge in [0.25, 0.3) is 0 Å². The van der Waals surface area contributed by atoms with Gasteiger partial charge in [0.2, 0.25) is 0 Å². The van der Waals surface area contributed by atoms with E-state index in [1.54, 1.807) is 24.5 Å². The zero-order valence-electron chi connectivity index (χ0n) is 9.82. The van der Waals surface area contributed by atoms with Crippen LogP contribution in [0.25, 0.3) is 0 Å². The second kappa shape index (κ2) is 5.44. The maximum atomic E-state index is 13.2. The van der Waals surface area contributed by atoms with Crippen LogP contribution in [0.1, 0.15) is 22.7 Å². The molecule has 0 saturated heterocycles. The van der Waals surface area contributed by atoms with Crippen LogP contribution in [0.2, 0.25) is 5.02 Å². The number of rotatable bonds is 3. The number of hydrogen-bond donors (Lipinski definition) is 2. The van der Waals surface area contributed by atoms with Crippen LogP contribution in [0.3, 0.4) is 0 Å². The fourth-order valence-corrected chi connectivity index (χ4v) is 2.02. The third kappa shape index (κ3) is 2.51. The lowest BCUT2D eigenvalue weighted by atomic mass is 9.97. The maximum Gasteiger partial charge on any atom is 0.141 e. The van der Waals surface area contributed by atoms with E-state index in [1.807, 2.05) is 13.0 Å². The van der Waals surface area contributed by atoms with Gasteiger partial charge in [-0.05, 0) is 41.8 Å². The third-order valence-electron chi connectivity index (χ3n) is 2.83. The first-order chi connectivity index (χ1) is 8.63. The van der Waals surface area contributed by atoms with Crippen molar-refractivity contribution in [3.8, 4) is 0 Å². The SMILES string of the molecule is Cc1ccncc1C(NN)c1ccc(F)c(Cl)c1. The van der Waals surface area contributed by atoms with Crippen molar-refractivity contribution in [3.63, 3.8) is 0 Å². The Balaban J connectivity index is 2.45. The lowest BCUT2D eigenvalue weighted by Crippen LogP contribution is -2.29. The van der Waals surface area contributed by atoms with Gasteiger partial charge in [-0.25, -0.2) is 9.82 Å². The van der Waals surface area contributed by atoms with Gasteiger partial charge in [0.15, 0.2) is 0 Å². The molecule has 1 atom stereocenters. The number of benzene rings is 1. The van der Waals surface area contributed by atoms with Crippen LogP contribution >= 0.6 is 11.6 Å². The first-order valence-corrected chi connectivity index (χ1v) is 5.83. The molecule has 0 fully saturated rings. The van der Waals surface area contributed by atoms with Crippen molar-refractivity contribution in [3.05, 3.63) is 64.2 Å². The Labute approximate surface area is 110 Å². The molecule has 0 saturated carbocycles. The first-order valence-electron chi connectivity index (χ1n) is 5.45. The summed E-state index contributed by atoms with van der Waals surface area (Å²) < 4.78 is 13.2. The van der Waals surface area contributed by atoms with Gasteiger partial charge >= 0.3 is 0 Å². The van der Waals surface area contributed by atoms with E-state index in [-0.39, 0.29) is 11.1 Å². The Morgan fingerprint density at radius 1 is 1.39 bits per heavy atom. The highest BCUT2D eigenvalue weighted by Gasteiger charge is 2.16. The topological polar surface area (TPSA) is 50.9 Å². The molecule has 0 aliphatic heterocycles. The number of aryl methyl sites for hydroxylation is 1. The Kier molecular flexibility index (Phi) is 3.91. The lowest BCUT2D eigenvalue weighted by Gasteiger charge is -2.18. The van der Waals surface area contributed by atoms with Crippen molar-refractivity contribution in [2.45, 2.75) is 13.0 Å². The lowest BCUT2D eigenvalue weighted by molar-refractivity contribution is 0.614. The number of nitrogens with two attached hydrogens (primary N) is 1. The monoisotopic (exact) mass is 265 g/mol. The fraction of sp³-hybridized carbons (Fsp3) is 0.154.